The zero-order valence-corrected chi connectivity index (χ0v) is 26.5. The molecule has 0 aliphatic heterocycles. The molecule has 7 aromatic rings. The minimum Gasteiger partial charge on any atom is -0.508 e. The minimum atomic E-state index is -4.51. The number of fused-ring (bicyclic) bond motifs is 2. The topological polar surface area (TPSA) is 141 Å². The van der Waals surface area contributed by atoms with Crippen molar-refractivity contribution in [2.45, 2.75) is 6.18 Å². The van der Waals surface area contributed by atoms with Crippen LogP contribution in [-0.2, 0) is 6.18 Å². The van der Waals surface area contributed by atoms with Crippen molar-refractivity contribution in [1.29, 1.82) is 0 Å². The van der Waals surface area contributed by atoms with Gasteiger partial charge in [-0.25, -0.2) is 14.4 Å². The fourth-order valence-corrected chi connectivity index (χ4v) is 5.02. The van der Waals surface area contributed by atoms with Crippen molar-refractivity contribution < 1.29 is 46.2 Å². The fraction of sp³-hybridized carbons (Fsp3) is 0.0250. The Kier molecular flexibility index (Phi) is 9.64. The Morgan fingerprint density at radius 3 is 1.54 bits per heavy atom. The van der Waals surface area contributed by atoms with Crippen LogP contribution in [0.4, 0.5) is 13.2 Å². The van der Waals surface area contributed by atoms with E-state index in [9.17, 15) is 42.3 Å². The van der Waals surface area contributed by atoms with Gasteiger partial charge in [0, 0.05) is 34.0 Å². The van der Waals surface area contributed by atoms with Gasteiger partial charge in [0.1, 0.15) is 33.8 Å². The van der Waals surface area contributed by atoms with Crippen LogP contribution in [-0.4, -0.2) is 22.6 Å². The van der Waals surface area contributed by atoms with E-state index in [2.05, 4.69) is 0 Å². The average molecular weight is 705 g/mol. The molecule has 0 aliphatic rings. The molecule has 2 heterocycles. The van der Waals surface area contributed by atoms with Gasteiger partial charge in [-0.15, -0.1) is 0 Å². The number of esters is 1. The lowest BCUT2D eigenvalue weighted by Crippen LogP contribution is -2.14. The van der Waals surface area contributed by atoms with E-state index in [-0.39, 0.29) is 45.1 Å². The number of rotatable bonds is 6. The predicted octanol–water partition coefficient (Wildman–Crippen LogP) is 7.99. The molecule has 12 heteroatoms. The van der Waals surface area contributed by atoms with Crippen molar-refractivity contribution in [2.24, 2.45) is 0 Å². The summed E-state index contributed by atoms with van der Waals surface area (Å²) >= 11 is 0. The number of hydrogen-bond donors (Lipinski definition) is 1. The highest BCUT2D eigenvalue weighted by molar-refractivity contribution is 6.10. The SMILES string of the molecule is O=C(Oc1ccc2cc(C(=O)c3ccccc3)c(=O)oc2c1)c1ccc(C(F)(F)F)cc1.O=C(c1ccccc1)c1cc2ccc(O)cc2oc1=O. The highest BCUT2D eigenvalue weighted by Gasteiger charge is 2.30. The summed E-state index contributed by atoms with van der Waals surface area (Å²) in [6, 6.07) is 31.8. The van der Waals surface area contributed by atoms with Crippen molar-refractivity contribution in [3.8, 4) is 11.5 Å². The Balaban J connectivity index is 0.000000198. The third-order valence-electron chi connectivity index (χ3n) is 7.65. The number of aromatic hydroxyl groups is 1. The third-order valence-corrected chi connectivity index (χ3v) is 7.65. The molecule has 0 saturated heterocycles. The molecule has 0 radical (unpaired) electrons. The Morgan fingerprint density at radius 1 is 0.558 bits per heavy atom. The second-order valence-corrected chi connectivity index (χ2v) is 11.2. The summed E-state index contributed by atoms with van der Waals surface area (Å²) in [5, 5.41) is 10.4. The molecule has 0 saturated carbocycles. The second kappa shape index (κ2) is 14.4. The normalized spacial score (nSPS) is 11.1. The van der Waals surface area contributed by atoms with Crippen LogP contribution in [0, 0.1) is 0 Å². The van der Waals surface area contributed by atoms with E-state index in [1.54, 1.807) is 66.7 Å². The molecule has 7 rings (SSSR count). The summed E-state index contributed by atoms with van der Waals surface area (Å²) in [5.74, 6) is -1.72. The van der Waals surface area contributed by atoms with Gasteiger partial charge in [0.25, 0.3) is 0 Å². The standard InChI is InChI=1S/C24H13F3O5.C16H10O4/c25-24(26,27)17-9-6-15(7-10-17)22(29)31-18-11-8-16-12-19(23(30)32-20(16)13-18)21(28)14-4-2-1-3-5-14;17-12-7-6-11-8-13(16(19)20-14(11)9-12)15(18)10-4-2-1-3-5-10/h1-13H;1-9,17H. The van der Waals surface area contributed by atoms with Gasteiger partial charge in [-0.1, -0.05) is 60.7 Å². The number of alkyl halides is 3. The average Bonchev–Trinajstić information content (AvgIpc) is 3.14. The molecular weight excluding hydrogens is 681 g/mol. The van der Waals surface area contributed by atoms with E-state index in [4.69, 9.17) is 13.6 Å². The summed E-state index contributed by atoms with van der Waals surface area (Å²) < 4.78 is 53.4. The highest BCUT2D eigenvalue weighted by Crippen LogP contribution is 2.29. The van der Waals surface area contributed by atoms with Crippen LogP contribution in [0.3, 0.4) is 0 Å². The summed E-state index contributed by atoms with van der Waals surface area (Å²) in [6.07, 6.45) is -4.51. The third kappa shape index (κ3) is 7.71. The maximum atomic E-state index is 12.7. The molecule has 0 unspecified atom stereocenters. The molecule has 52 heavy (non-hydrogen) atoms. The first-order chi connectivity index (χ1) is 24.9. The van der Waals surface area contributed by atoms with Crippen LogP contribution in [0.5, 0.6) is 11.5 Å². The van der Waals surface area contributed by atoms with Crippen LogP contribution in [0.1, 0.15) is 47.8 Å². The largest absolute Gasteiger partial charge is 0.508 e. The molecule has 0 spiro atoms. The van der Waals surface area contributed by atoms with Crippen LogP contribution < -0.4 is 16.0 Å². The van der Waals surface area contributed by atoms with Crippen molar-refractivity contribution in [3.63, 3.8) is 0 Å². The Labute approximate surface area is 290 Å². The smallest absolute Gasteiger partial charge is 0.416 e. The first-order valence-electron chi connectivity index (χ1n) is 15.3. The summed E-state index contributed by atoms with van der Waals surface area (Å²) in [7, 11) is 0. The number of phenolic OH excluding ortho intramolecular Hbond substituents is 1. The van der Waals surface area contributed by atoms with Gasteiger partial charge >= 0.3 is 23.4 Å². The first-order valence-corrected chi connectivity index (χ1v) is 15.3. The highest BCUT2D eigenvalue weighted by atomic mass is 19.4. The van der Waals surface area contributed by atoms with Gasteiger partial charge < -0.3 is 18.7 Å². The number of halogens is 3. The minimum absolute atomic E-state index is 0.00258. The molecule has 9 nitrogen and oxygen atoms in total. The molecule has 0 amide bonds. The maximum absolute atomic E-state index is 12.7. The van der Waals surface area contributed by atoms with Crippen molar-refractivity contribution in [1.82, 2.24) is 0 Å². The molecule has 5 aromatic carbocycles. The first kappa shape index (κ1) is 34.8. The number of hydrogen-bond acceptors (Lipinski definition) is 9. The summed E-state index contributed by atoms with van der Waals surface area (Å²) in [4.78, 5) is 61.3. The molecule has 258 valence electrons. The molecule has 0 aliphatic carbocycles. The monoisotopic (exact) mass is 704 g/mol. The van der Waals surface area contributed by atoms with Gasteiger partial charge in [-0.2, -0.15) is 13.2 Å². The number of ether oxygens (including phenoxy) is 1. The lowest BCUT2D eigenvalue weighted by atomic mass is 10.0. The Bertz CT molecular complexity index is 2570. The molecular formula is C40H23F3O9. The number of ketones is 2. The molecule has 2 aromatic heterocycles. The zero-order chi connectivity index (χ0) is 37.0. The van der Waals surface area contributed by atoms with E-state index in [1.807, 2.05) is 0 Å². The Hall–Kier alpha value is -7.08. The lowest BCUT2D eigenvalue weighted by Gasteiger charge is -2.08. The molecule has 0 fully saturated rings. The summed E-state index contributed by atoms with van der Waals surface area (Å²) in [6.45, 7) is 0. The molecule has 1 N–H and O–H groups in total. The zero-order valence-electron chi connectivity index (χ0n) is 26.5. The van der Waals surface area contributed by atoms with E-state index in [1.165, 1.54) is 42.5 Å². The van der Waals surface area contributed by atoms with E-state index in [0.717, 1.165) is 24.3 Å². The quantitative estimate of drug-likeness (QED) is 0.0789. The predicted molar refractivity (Wildman–Crippen MR) is 183 cm³/mol. The van der Waals surface area contributed by atoms with Gasteiger partial charge in [-0.3, -0.25) is 9.59 Å². The van der Waals surface area contributed by atoms with Gasteiger partial charge in [-0.05, 0) is 60.7 Å². The van der Waals surface area contributed by atoms with Gasteiger partial charge in [0.15, 0.2) is 11.6 Å². The van der Waals surface area contributed by atoms with Gasteiger partial charge in [0.05, 0.1) is 11.1 Å². The summed E-state index contributed by atoms with van der Waals surface area (Å²) in [5.41, 5.74) is -1.59. The number of benzene rings is 5. The fourth-order valence-electron chi connectivity index (χ4n) is 5.02. The molecule has 0 atom stereocenters. The number of carbonyl (C=O) groups excluding carboxylic acids is 3. The number of phenols is 1. The van der Waals surface area contributed by atoms with E-state index < -0.39 is 34.7 Å². The maximum Gasteiger partial charge on any atom is 0.416 e. The Morgan fingerprint density at radius 2 is 1.04 bits per heavy atom. The lowest BCUT2D eigenvalue weighted by molar-refractivity contribution is -0.137. The van der Waals surface area contributed by atoms with Crippen LogP contribution in [0.25, 0.3) is 21.9 Å². The second-order valence-electron chi connectivity index (χ2n) is 11.2. The van der Waals surface area contributed by atoms with Crippen molar-refractivity contribution >= 4 is 39.5 Å². The van der Waals surface area contributed by atoms with Crippen molar-refractivity contribution in [3.05, 3.63) is 188 Å². The van der Waals surface area contributed by atoms with Crippen LogP contribution >= 0.6 is 0 Å². The van der Waals surface area contributed by atoms with E-state index in [0.29, 0.717) is 21.9 Å². The van der Waals surface area contributed by atoms with Gasteiger partial charge in [0.2, 0.25) is 0 Å². The molecule has 0 bridgehead atoms. The van der Waals surface area contributed by atoms with E-state index >= 15 is 0 Å². The van der Waals surface area contributed by atoms with Crippen molar-refractivity contribution in [2.75, 3.05) is 0 Å². The van der Waals surface area contributed by atoms with Crippen LogP contribution in [0.15, 0.2) is 152 Å². The number of carbonyl (C=O) groups is 3. The van der Waals surface area contributed by atoms with Crippen LogP contribution in [0.2, 0.25) is 0 Å².